The van der Waals surface area contributed by atoms with Gasteiger partial charge in [-0.1, -0.05) is 30.3 Å². The molecular weight excluding hydrogens is 316 g/mol. The van der Waals surface area contributed by atoms with Crippen molar-refractivity contribution in [2.75, 3.05) is 6.54 Å². The standard InChI is InChI=1S/C15H18N4OS2/c1-11-17-13(10-22-11)9-14(20)18-19-15(21)16-8-7-12-5-3-2-4-6-12/h2-6,10H,7-9H2,1H3,(H,18,20)(H2,16,19,21). The van der Waals surface area contributed by atoms with Gasteiger partial charge in [-0.15, -0.1) is 11.3 Å². The van der Waals surface area contributed by atoms with Crippen LogP contribution in [0.5, 0.6) is 0 Å². The van der Waals surface area contributed by atoms with Gasteiger partial charge >= 0.3 is 0 Å². The van der Waals surface area contributed by atoms with Gasteiger partial charge in [-0.3, -0.25) is 15.6 Å². The summed E-state index contributed by atoms with van der Waals surface area (Å²) in [4.78, 5) is 16.0. The first-order valence-electron chi connectivity index (χ1n) is 6.91. The minimum absolute atomic E-state index is 0.169. The second-order valence-corrected chi connectivity index (χ2v) is 6.17. The van der Waals surface area contributed by atoms with E-state index in [0.29, 0.717) is 11.7 Å². The predicted octanol–water partition coefficient (Wildman–Crippen LogP) is 1.73. The van der Waals surface area contributed by atoms with E-state index in [-0.39, 0.29) is 12.3 Å². The van der Waals surface area contributed by atoms with Crippen molar-refractivity contribution < 1.29 is 4.79 Å². The first-order chi connectivity index (χ1) is 10.6. The van der Waals surface area contributed by atoms with Crippen LogP contribution >= 0.6 is 23.6 Å². The molecule has 0 atom stereocenters. The molecule has 0 unspecified atom stereocenters. The summed E-state index contributed by atoms with van der Waals surface area (Å²) in [6, 6.07) is 10.1. The van der Waals surface area contributed by atoms with Crippen LogP contribution in [0, 0.1) is 6.92 Å². The monoisotopic (exact) mass is 334 g/mol. The zero-order valence-electron chi connectivity index (χ0n) is 12.3. The third kappa shape index (κ3) is 5.79. The Bertz CT molecular complexity index is 627. The number of thiocarbonyl (C=S) groups is 1. The Morgan fingerprint density at radius 2 is 2.05 bits per heavy atom. The van der Waals surface area contributed by atoms with E-state index in [0.717, 1.165) is 17.1 Å². The second-order valence-electron chi connectivity index (χ2n) is 4.70. The van der Waals surface area contributed by atoms with Crippen LogP contribution in [0.1, 0.15) is 16.3 Å². The third-order valence-corrected chi connectivity index (χ3v) is 3.93. The number of nitrogens with zero attached hydrogens (tertiary/aromatic N) is 1. The third-order valence-electron chi connectivity index (χ3n) is 2.87. The largest absolute Gasteiger partial charge is 0.361 e. The first kappa shape index (κ1) is 16.4. The Labute approximate surface area is 139 Å². The van der Waals surface area contributed by atoms with E-state index < -0.39 is 0 Å². The van der Waals surface area contributed by atoms with Gasteiger partial charge in [0, 0.05) is 11.9 Å². The highest BCUT2D eigenvalue weighted by molar-refractivity contribution is 7.80. The molecule has 116 valence electrons. The minimum atomic E-state index is -0.169. The smallest absolute Gasteiger partial charge is 0.244 e. The van der Waals surface area contributed by atoms with Crippen LogP contribution in [-0.2, 0) is 17.6 Å². The summed E-state index contributed by atoms with van der Waals surface area (Å²) in [5.41, 5.74) is 7.26. The molecular formula is C15H18N4OS2. The van der Waals surface area contributed by atoms with E-state index in [1.165, 1.54) is 16.9 Å². The summed E-state index contributed by atoms with van der Waals surface area (Å²) in [5, 5.41) is 6.28. The van der Waals surface area contributed by atoms with Crippen LogP contribution in [0.15, 0.2) is 35.7 Å². The molecule has 5 nitrogen and oxygen atoms in total. The number of rotatable bonds is 5. The lowest BCUT2D eigenvalue weighted by molar-refractivity contribution is -0.121. The van der Waals surface area contributed by atoms with Crippen molar-refractivity contribution in [3.8, 4) is 0 Å². The highest BCUT2D eigenvalue weighted by atomic mass is 32.1. The molecule has 0 radical (unpaired) electrons. The van der Waals surface area contributed by atoms with Gasteiger partial charge < -0.3 is 5.32 Å². The molecule has 22 heavy (non-hydrogen) atoms. The molecule has 0 aliphatic heterocycles. The first-order valence-corrected chi connectivity index (χ1v) is 8.20. The maximum Gasteiger partial charge on any atom is 0.244 e. The van der Waals surface area contributed by atoms with E-state index in [1.54, 1.807) is 0 Å². The maximum absolute atomic E-state index is 11.7. The van der Waals surface area contributed by atoms with Gasteiger partial charge in [0.05, 0.1) is 17.1 Å². The van der Waals surface area contributed by atoms with E-state index in [9.17, 15) is 4.79 Å². The maximum atomic E-state index is 11.7. The van der Waals surface area contributed by atoms with Crippen LogP contribution in [0.25, 0.3) is 0 Å². The number of hydrogen-bond acceptors (Lipinski definition) is 4. The molecule has 0 bridgehead atoms. The van der Waals surface area contributed by atoms with Crippen molar-refractivity contribution in [1.29, 1.82) is 0 Å². The van der Waals surface area contributed by atoms with Gasteiger partial charge in [-0.25, -0.2) is 4.98 Å². The fraction of sp³-hybridized carbons (Fsp3) is 0.267. The molecule has 1 aromatic heterocycles. The summed E-state index contributed by atoms with van der Waals surface area (Å²) in [7, 11) is 0. The average molecular weight is 334 g/mol. The lowest BCUT2D eigenvalue weighted by Gasteiger charge is -2.11. The highest BCUT2D eigenvalue weighted by Gasteiger charge is 2.06. The second kappa shape index (κ2) is 8.45. The number of amides is 1. The summed E-state index contributed by atoms with van der Waals surface area (Å²) < 4.78 is 0. The van der Waals surface area contributed by atoms with Gasteiger partial charge in [-0.05, 0) is 31.1 Å². The number of aryl methyl sites for hydroxylation is 1. The summed E-state index contributed by atoms with van der Waals surface area (Å²) >= 11 is 6.64. The van der Waals surface area contributed by atoms with Crippen molar-refractivity contribution in [3.63, 3.8) is 0 Å². The van der Waals surface area contributed by atoms with Crippen LogP contribution in [0.4, 0.5) is 0 Å². The van der Waals surface area contributed by atoms with Gasteiger partial charge in [0.15, 0.2) is 5.11 Å². The lowest BCUT2D eigenvalue weighted by atomic mass is 10.1. The van der Waals surface area contributed by atoms with Gasteiger partial charge in [0.1, 0.15) is 0 Å². The molecule has 2 rings (SSSR count). The van der Waals surface area contributed by atoms with Crippen molar-refractivity contribution >= 4 is 34.6 Å². The van der Waals surface area contributed by atoms with E-state index in [4.69, 9.17) is 12.2 Å². The fourth-order valence-corrected chi connectivity index (χ4v) is 2.60. The molecule has 0 spiro atoms. The van der Waals surface area contributed by atoms with Crippen LogP contribution < -0.4 is 16.2 Å². The molecule has 1 amide bonds. The normalized spacial score (nSPS) is 10.0. The number of hydrogen-bond donors (Lipinski definition) is 3. The molecule has 0 saturated heterocycles. The number of thiazole rings is 1. The molecule has 2 aromatic rings. The van der Waals surface area contributed by atoms with Crippen molar-refractivity contribution in [2.24, 2.45) is 0 Å². The number of aromatic nitrogens is 1. The molecule has 0 fully saturated rings. The Morgan fingerprint density at radius 1 is 1.27 bits per heavy atom. The summed E-state index contributed by atoms with van der Waals surface area (Å²) in [6.45, 7) is 2.62. The molecule has 1 aromatic carbocycles. The van der Waals surface area contributed by atoms with E-state index >= 15 is 0 Å². The van der Waals surface area contributed by atoms with Crippen LogP contribution in [-0.4, -0.2) is 22.5 Å². The van der Waals surface area contributed by atoms with Gasteiger partial charge in [0.2, 0.25) is 5.91 Å². The van der Waals surface area contributed by atoms with E-state index in [2.05, 4.69) is 33.3 Å². The van der Waals surface area contributed by atoms with E-state index in [1.807, 2.05) is 30.5 Å². The molecule has 0 aliphatic rings. The highest BCUT2D eigenvalue weighted by Crippen LogP contribution is 2.07. The number of nitrogens with one attached hydrogen (secondary N) is 3. The molecule has 0 aliphatic carbocycles. The Balaban J connectivity index is 1.62. The Kier molecular flexibility index (Phi) is 6.29. The van der Waals surface area contributed by atoms with Crippen molar-refractivity contribution in [1.82, 2.24) is 21.2 Å². The molecule has 7 heteroatoms. The average Bonchev–Trinajstić information content (AvgIpc) is 2.91. The molecule has 0 saturated carbocycles. The van der Waals surface area contributed by atoms with Gasteiger partial charge in [-0.2, -0.15) is 0 Å². The lowest BCUT2D eigenvalue weighted by Crippen LogP contribution is -2.47. The number of carbonyl (C=O) groups excluding carboxylic acids is 1. The Hall–Kier alpha value is -1.99. The predicted molar refractivity (Wildman–Crippen MR) is 92.6 cm³/mol. The SMILES string of the molecule is Cc1nc(CC(=O)NNC(=S)NCCc2ccccc2)cs1. The van der Waals surface area contributed by atoms with Crippen LogP contribution in [0.2, 0.25) is 0 Å². The topological polar surface area (TPSA) is 66.0 Å². The molecule has 3 N–H and O–H groups in total. The van der Waals surface area contributed by atoms with Crippen molar-refractivity contribution in [2.45, 2.75) is 19.8 Å². The fourth-order valence-electron chi connectivity index (χ4n) is 1.83. The number of carbonyl (C=O) groups is 1. The van der Waals surface area contributed by atoms with Gasteiger partial charge in [0.25, 0.3) is 0 Å². The zero-order valence-corrected chi connectivity index (χ0v) is 13.9. The van der Waals surface area contributed by atoms with Crippen molar-refractivity contribution in [3.05, 3.63) is 52.0 Å². The number of benzene rings is 1. The number of hydrazine groups is 1. The Morgan fingerprint density at radius 3 is 2.73 bits per heavy atom. The quantitative estimate of drug-likeness (QED) is 0.574. The summed E-state index contributed by atoms with van der Waals surface area (Å²) in [5.74, 6) is -0.169. The van der Waals surface area contributed by atoms with Crippen LogP contribution in [0.3, 0.4) is 0 Å². The zero-order chi connectivity index (χ0) is 15.8. The summed E-state index contributed by atoms with van der Waals surface area (Å²) in [6.07, 6.45) is 1.11. The minimum Gasteiger partial charge on any atom is -0.361 e. The molecule has 1 heterocycles.